The molecular weight excluding hydrogens is 348 g/mol. The van der Waals surface area contributed by atoms with Crippen LogP contribution >= 0.6 is 0 Å². The third-order valence-corrected chi connectivity index (χ3v) is 9.29. The molecule has 0 aliphatic carbocycles. The minimum absolute atomic E-state index is 0.0464. The molecule has 1 atom stereocenters. The van der Waals surface area contributed by atoms with Crippen molar-refractivity contribution in [3.63, 3.8) is 0 Å². The molecular formula is C19H28N2O4Si. The van der Waals surface area contributed by atoms with Gasteiger partial charge in [0.25, 0.3) is 5.78 Å². The van der Waals surface area contributed by atoms with Gasteiger partial charge in [0.05, 0.1) is 13.2 Å². The minimum Gasteiger partial charge on any atom is -0.460 e. The van der Waals surface area contributed by atoms with Crippen molar-refractivity contribution in [1.82, 2.24) is 0 Å². The average Bonchev–Trinajstić information content (AvgIpc) is 2.54. The average molecular weight is 377 g/mol. The molecule has 0 amide bonds. The molecule has 1 rings (SSSR count). The van der Waals surface area contributed by atoms with Crippen LogP contribution in [0, 0.1) is 6.92 Å². The topological polar surface area (TPSA) is 89.0 Å². The molecule has 7 heteroatoms. The molecule has 0 saturated heterocycles. The number of carbonyl (C=O) groups is 2. The lowest BCUT2D eigenvalue weighted by Gasteiger charge is -2.39. The van der Waals surface area contributed by atoms with Crippen LogP contribution < -0.4 is 0 Å². The van der Waals surface area contributed by atoms with E-state index in [0.717, 1.165) is 18.2 Å². The van der Waals surface area contributed by atoms with Crippen molar-refractivity contribution < 1.29 is 23.5 Å². The van der Waals surface area contributed by atoms with Crippen molar-refractivity contribution >= 4 is 25.8 Å². The van der Waals surface area contributed by atoms with E-state index in [9.17, 15) is 9.59 Å². The van der Waals surface area contributed by atoms with Gasteiger partial charge in [-0.15, -0.1) is 0 Å². The number of hydrogen-bond acceptors (Lipinski definition) is 4. The monoisotopic (exact) mass is 376 g/mol. The van der Waals surface area contributed by atoms with E-state index < -0.39 is 31.9 Å². The highest BCUT2D eigenvalue weighted by molar-refractivity contribution is 6.74. The summed E-state index contributed by atoms with van der Waals surface area (Å²) in [7, 11) is -1.05. The van der Waals surface area contributed by atoms with Gasteiger partial charge in [0, 0.05) is 6.42 Å². The van der Waals surface area contributed by atoms with Crippen molar-refractivity contribution in [2.45, 2.75) is 58.4 Å². The molecule has 0 aromatic heterocycles. The normalized spacial score (nSPS) is 12.9. The molecule has 6 nitrogen and oxygen atoms in total. The molecule has 0 N–H and O–H groups in total. The Kier molecular flexibility index (Phi) is 7.21. The lowest BCUT2D eigenvalue weighted by molar-refractivity contribution is -0.139. The first-order valence-electron chi connectivity index (χ1n) is 8.51. The molecule has 0 aliphatic rings. The summed E-state index contributed by atoms with van der Waals surface area (Å²) in [5, 5.41) is -0.0464. The summed E-state index contributed by atoms with van der Waals surface area (Å²) in [4.78, 5) is 26.9. The molecule has 1 aromatic rings. The number of Topliss-reactive ketones (excluding diaryl/α,β-unsaturated/α-hetero) is 1. The first kappa shape index (κ1) is 22.0. The summed E-state index contributed by atoms with van der Waals surface area (Å²) in [6.07, 6.45) is -0.644. The highest BCUT2D eigenvalue weighted by Crippen LogP contribution is 2.40. The van der Waals surface area contributed by atoms with Crippen molar-refractivity contribution in [2.75, 3.05) is 7.11 Å². The largest absolute Gasteiger partial charge is 0.460 e. The first-order valence-corrected chi connectivity index (χ1v) is 11.4. The minimum atomic E-state index is -2.18. The second kappa shape index (κ2) is 8.53. The number of nitrogens with zero attached hydrogens (tertiary/aromatic N) is 2. The van der Waals surface area contributed by atoms with Crippen LogP contribution in [-0.4, -0.2) is 37.7 Å². The smallest absolute Gasteiger partial charge is 0.441 e. The van der Waals surface area contributed by atoms with Gasteiger partial charge >= 0.3 is 11.7 Å². The lowest BCUT2D eigenvalue weighted by Crippen LogP contribution is -2.42. The number of ketones is 1. The Balaban J connectivity index is 3.21. The van der Waals surface area contributed by atoms with E-state index >= 15 is 0 Å². The van der Waals surface area contributed by atoms with Gasteiger partial charge in [-0.05, 0) is 30.6 Å². The predicted molar refractivity (Wildman–Crippen MR) is 102 cm³/mol. The van der Waals surface area contributed by atoms with Gasteiger partial charge in [-0.25, -0.2) is 4.79 Å². The van der Waals surface area contributed by atoms with E-state index in [2.05, 4.69) is 43.4 Å². The van der Waals surface area contributed by atoms with Gasteiger partial charge < -0.3 is 14.7 Å². The van der Waals surface area contributed by atoms with E-state index in [4.69, 9.17) is 9.96 Å². The van der Waals surface area contributed by atoms with Gasteiger partial charge in [0.2, 0.25) is 0 Å². The Morgan fingerprint density at radius 1 is 1.19 bits per heavy atom. The van der Waals surface area contributed by atoms with E-state index in [1.54, 1.807) is 0 Å². The standard InChI is InChI=1S/C19H28N2O4Si/c1-13-8-10-14(11-9-13)16(25-26(6,7)19(2,3)4)12-15(22)17(21-20)18(23)24-5/h8-11,16H,12H2,1-7H3. The van der Waals surface area contributed by atoms with E-state index in [1.165, 1.54) is 0 Å². The van der Waals surface area contributed by atoms with Gasteiger partial charge in [-0.2, -0.15) is 4.79 Å². The maximum atomic E-state index is 12.5. The molecule has 0 spiro atoms. The number of ether oxygens (including phenoxy) is 1. The van der Waals surface area contributed by atoms with Crippen LogP contribution in [0.2, 0.25) is 18.1 Å². The van der Waals surface area contributed by atoms with Crippen LogP contribution in [-0.2, 0) is 18.8 Å². The van der Waals surface area contributed by atoms with Crippen LogP contribution in [0.1, 0.15) is 44.4 Å². The maximum absolute atomic E-state index is 12.5. The molecule has 0 saturated carbocycles. The van der Waals surface area contributed by atoms with Crippen molar-refractivity contribution in [3.8, 4) is 0 Å². The summed E-state index contributed by atoms with van der Waals surface area (Å²) < 4.78 is 10.9. The first-order chi connectivity index (χ1) is 11.9. The molecule has 1 unspecified atom stereocenters. The zero-order valence-corrected chi connectivity index (χ0v) is 17.6. The van der Waals surface area contributed by atoms with Crippen molar-refractivity contribution in [3.05, 3.63) is 40.9 Å². The Morgan fingerprint density at radius 2 is 1.73 bits per heavy atom. The highest BCUT2D eigenvalue weighted by Gasteiger charge is 2.41. The molecule has 0 radical (unpaired) electrons. The van der Waals surface area contributed by atoms with Crippen molar-refractivity contribution in [2.24, 2.45) is 0 Å². The number of aryl methyl sites for hydroxylation is 1. The molecule has 0 fully saturated rings. The van der Waals surface area contributed by atoms with E-state index in [1.807, 2.05) is 31.2 Å². The zero-order valence-electron chi connectivity index (χ0n) is 16.6. The second-order valence-electron chi connectivity index (χ2n) is 7.84. The van der Waals surface area contributed by atoms with Crippen molar-refractivity contribution in [1.29, 1.82) is 0 Å². The van der Waals surface area contributed by atoms with Crippen LogP contribution in [0.15, 0.2) is 24.3 Å². The van der Waals surface area contributed by atoms with Crippen LogP contribution in [0.25, 0.3) is 5.53 Å². The predicted octanol–water partition coefficient (Wildman–Crippen LogP) is 3.86. The summed E-state index contributed by atoms with van der Waals surface area (Å²) in [6, 6.07) is 7.72. The molecule has 0 heterocycles. The van der Waals surface area contributed by atoms with Crippen LogP contribution in [0.5, 0.6) is 0 Å². The molecule has 26 heavy (non-hydrogen) atoms. The Morgan fingerprint density at radius 3 is 2.15 bits per heavy atom. The number of hydrogen-bond donors (Lipinski definition) is 0. The second-order valence-corrected chi connectivity index (χ2v) is 12.6. The summed E-state index contributed by atoms with van der Waals surface area (Å²) >= 11 is 0. The van der Waals surface area contributed by atoms with Crippen LogP contribution in [0.3, 0.4) is 0 Å². The maximum Gasteiger partial charge on any atom is 0.441 e. The van der Waals surface area contributed by atoms with Gasteiger partial charge in [-0.3, -0.25) is 4.79 Å². The lowest BCUT2D eigenvalue weighted by atomic mass is 10.0. The molecule has 142 valence electrons. The molecule has 1 aromatic carbocycles. The summed E-state index contributed by atoms with van der Waals surface area (Å²) in [5.41, 5.74) is 10.3. The van der Waals surface area contributed by atoms with Crippen LogP contribution in [0.4, 0.5) is 0 Å². The highest BCUT2D eigenvalue weighted by atomic mass is 28.4. The number of methoxy groups -OCH3 is 1. The fraction of sp³-hybridized carbons (Fsp3) is 0.526. The Hall–Kier alpha value is -2.08. The van der Waals surface area contributed by atoms with Gasteiger partial charge in [-0.1, -0.05) is 50.6 Å². The third kappa shape index (κ3) is 5.46. The third-order valence-electron chi connectivity index (χ3n) is 4.81. The number of rotatable bonds is 7. The fourth-order valence-corrected chi connectivity index (χ4v) is 3.40. The summed E-state index contributed by atoms with van der Waals surface area (Å²) in [5.74, 6) is -1.59. The van der Waals surface area contributed by atoms with E-state index in [-0.39, 0.29) is 11.5 Å². The SMILES string of the molecule is COC(=O)C(=[N+]=[N-])C(=O)CC(O[Si](C)(C)C(C)(C)C)c1ccc(C)cc1. The molecule has 0 aliphatic heterocycles. The Labute approximate surface area is 156 Å². The van der Waals surface area contributed by atoms with Gasteiger partial charge in [0.15, 0.2) is 8.32 Å². The zero-order chi connectivity index (χ0) is 20.1. The van der Waals surface area contributed by atoms with E-state index in [0.29, 0.717) is 0 Å². The molecule has 0 bridgehead atoms. The van der Waals surface area contributed by atoms with Gasteiger partial charge in [0.1, 0.15) is 0 Å². The quantitative estimate of drug-likeness (QED) is 0.180. The summed E-state index contributed by atoms with van der Waals surface area (Å²) in [6.45, 7) is 12.5. The fourth-order valence-electron chi connectivity index (χ4n) is 2.11. The number of benzene rings is 1. The number of esters is 1. The number of carbonyl (C=O) groups excluding carboxylic acids is 2. The Bertz CT molecular complexity index is 714.